The molecule has 0 saturated heterocycles. The third kappa shape index (κ3) is 5.45. The fourth-order valence-electron chi connectivity index (χ4n) is 3.23. The van der Waals surface area contributed by atoms with Gasteiger partial charge in [0.2, 0.25) is 0 Å². The first kappa shape index (κ1) is 22.0. The molecule has 0 aromatic heterocycles. The third-order valence-electron chi connectivity index (χ3n) is 4.66. The van der Waals surface area contributed by atoms with E-state index in [9.17, 15) is 14.7 Å². The number of hydrogen-bond acceptors (Lipinski definition) is 5. The number of aromatic hydroxyl groups is 1. The second kappa shape index (κ2) is 10.3. The average molecular weight is 422 g/mol. The Morgan fingerprint density at radius 2 is 1.58 bits per heavy atom. The first-order valence-corrected chi connectivity index (χ1v) is 10.2. The molecule has 2 amide bonds. The van der Waals surface area contributed by atoms with Crippen molar-refractivity contribution in [3.8, 4) is 17.2 Å². The van der Waals surface area contributed by atoms with Gasteiger partial charge in [-0.15, -0.1) is 0 Å². The zero-order valence-corrected chi connectivity index (χ0v) is 17.6. The Morgan fingerprint density at radius 1 is 0.871 bits per heavy atom. The van der Waals surface area contributed by atoms with Crippen LogP contribution in [0.2, 0.25) is 0 Å². The monoisotopic (exact) mass is 422 g/mol. The molecule has 0 atom stereocenters. The fraction of sp³-hybridized carbons (Fsp3) is 0.250. The largest absolute Gasteiger partial charge is 0.507 e. The van der Waals surface area contributed by atoms with Crippen molar-refractivity contribution in [1.29, 1.82) is 0 Å². The molecule has 7 nitrogen and oxygen atoms in total. The number of amides is 2. The molecule has 3 N–H and O–H groups in total. The van der Waals surface area contributed by atoms with Gasteiger partial charge in [0.15, 0.2) is 11.5 Å². The third-order valence-corrected chi connectivity index (χ3v) is 4.66. The number of rotatable bonds is 8. The van der Waals surface area contributed by atoms with E-state index in [2.05, 4.69) is 10.6 Å². The van der Waals surface area contributed by atoms with Gasteiger partial charge in [-0.3, -0.25) is 9.59 Å². The maximum absolute atomic E-state index is 12.3. The molecule has 0 aliphatic heterocycles. The second-order valence-electron chi connectivity index (χ2n) is 6.78. The molecule has 0 bridgehead atoms. The Morgan fingerprint density at radius 3 is 2.35 bits per heavy atom. The van der Waals surface area contributed by atoms with Gasteiger partial charge in [0, 0.05) is 23.0 Å². The van der Waals surface area contributed by atoms with Crippen molar-refractivity contribution >= 4 is 28.3 Å². The van der Waals surface area contributed by atoms with Crippen LogP contribution in [0.25, 0.3) is 10.8 Å². The van der Waals surface area contributed by atoms with Gasteiger partial charge in [-0.05, 0) is 50.1 Å². The van der Waals surface area contributed by atoms with E-state index in [1.54, 1.807) is 36.4 Å². The highest BCUT2D eigenvalue weighted by molar-refractivity contribution is 6.40. The number of hydrogen-bond donors (Lipinski definition) is 3. The summed E-state index contributed by atoms with van der Waals surface area (Å²) >= 11 is 0. The highest BCUT2D eigenvalue weighted by Crippen LogP contribution is 2.30. The summed E-state index contributed by atoms with van der Waals surface area (Å²) in [6.45, 7) is 5.17. The van der Waals surface area contributed by atoms with Gasteiger partial charge in [0.05, 0.1) is 13.2 Å². The van der Waals surface area contributed by atoms with E-state index in [4.69, 9.17) is 9.47 Å². The SMILES string of the molecule is CCOc1ccc(CCNC(=O)C(=O)Nc2cccc3c(O)cccc23)cc1OCC. The van der Waals surface area contributed by atoms with Gasteiger partial charge in [0.1, 0.15) is 5.75 Å². The summed E-state index contributed by atoms with van der Waals surface area (Å²) in [6.07, 6.45) is 0.535. The lowest BCUT2D eigenvalue weighted by Crippen LogP contribution is -2.36. The van der Waals surface area contributed by atoms with Gasteiger partial charge in [0.25, 0.3) is 0 Å². The minimum Gasteiger partial charge on any atom is -0.507 e. The molecule has 3 aromatic rings. The molecule has 0 heterocycles. The number of benzene rings is 3. The normalized spacial score (nSPS) is 10.5. The highest BCUT2D eigenvalue weighted by atomic mass is 16.5. The molecule has 7 heteroatoms. The number of phenolic OH excluding ortho intramolecular Hbond substituents is 1. The molecule has 0 saturated carbocycles. The van der Waals surface area contributed by atoms with Crippen LogP contribution in [0.5, 0.6) is 17.2 Å². The smallest absolute Gasteiger partial charge is 0.313 e. The summed E-state index contributed by atoms with van der Waals surface area (Å²) in [7, 11) is 0. The summed E-state index contributed by atoms with van der Waals surface area (Å²) in [5.41, 5.74) is 1.42. The van der Waals surface area contributed by atoms with E-state index >= 15 is 0 Å². The molecule has 31 heavy (non-hydrogen) atoms. The van der Waals surface area contributed by atoms with E-state index in [-0.39, 0.29) is 5.75 Å². The lowest BCUT2D eigenvalue weighted by atomic mass is 10.1. The number of ether oxygens (including phenoxy) is 2. The number of carbonyl (C=O) groups excluding carboxylic acids is 2. The van der Waals surface area contributed by atoms with Gasteiger partial charge in [-0.25, -0.2) is 0 Å². The molecule has 0 spiro atoms. The second-order valence-corrected chi connectivity index (χ2v) is 6.78. The highest BCUT2D eigenvalue weighted by Gasteiger charge is 2.15. The Kier molecular flexibility index (Phi) is 7.32. The fourth-order valence-corrected chi connectivity index (χ4v) is 3.23. The standard InChI is InChI=1S/C24H26N2O5/c1-3-30-21-12-11-16(15-22(21)31-4-2)13-14-25-23(28)24(29)26-19-9-5-8-18-17(19)7-6-10-20(18)27/h5-12,15,27H,3-4,13-14H2,1-2H3,(H,25,28)(H,26,29). The number of nitrogens with one attached hydrogen (secondary N) is 2. The zero-order chi connectivity index (χ0) is 22.2. The van der Waals surface area contributed by atoms with Crippen molar-refractivity contribution in [3.05, 3.63) is 60.2 Å². The number of phenols is 1. The summed E-state index contributed by atoms with van der Waals surface area (Å²) in [5.74, 6) is -0.0479. The first-order chi connectivity index (χ1) is 15.0. The van der Waals surface area contributed by atoms with Crippen molar-refractivity contribution in [2.45, 2.75) is 20.3 Å². The number of fused-ring (bicyclic) bond motifs is 1. The van der Waals surface area contributed by atoms with E-state index in [0.29, 0.717) is 54.1 Å². The maximum atomic E-state index is 12.3. The van der Waals surface area contributed by atoms with Crippen molar-refractivity contribution in [2.24, 2.45) is 0 Å². The van der Waals surface area contributed by atoms with Gasteiger partial charge >= 0.3 is 11.8 Å². The summed E-state index contributed by atoms with van der Waals surface area (Å²) in [4.78, 5) is 24.5. The van der Waals surface area contributed by atoms with Crippen LogP contribution < -0.4 is 20.1 Å². The number of carbonyl (C=O) groups is 2. The molecule has 162 valence electrons. The van der Waals surface area contributed by atoms with E-state index in [1.165, 1.54) is 0 Å². The van der Waals surface area contributed by atoms with Crippen LogP contribution in [0, 0.1) is 0 Å². The van der Waals surface area contributed by atoms with Crippen molar-refractivity contribution in [1.82, 2.24) is 5.32 Å². The van der Waals surface area contributed by atoms with Crippen LogP contribution >= 0.6 is 0 Å². The molecule has 0 aliphatic rings. The first-order valence-electron chi connectivity index (χ1n) is 10.2. The molecular formula is C24H26N2O5. The molecule has 0 aliphatic carbocycles. The minimum atomic E-state index is -0.766. The van der Waals surface area contributed by atoms with E-state index in [0.717, 1.165) is 5.56 Å². The topological polar surface area (TPSA) is 96.9 Å². The Labute approximate surface area is 181 Å². The molecule has 0 unspecified atom stereocenters. The summed E-state index contributed by atoms with van der Waals surface area (Å²) in [6, 6.07) is 15.8. The zero-order valence-electron chi connectivity index (χ0n) is 17.6. The number of anilines is 1. The van der Waals surface area contributed by atoms with E-state index in [1.807, 2.05) is 32.0 Å². The van der Waals surface area contributed by atoms with Crippen LogP contribution in [0.3, 0.4) is 0 Å². The minimum absolute atomic E-state index is 0.111. The Balaban J connectivity index is 1.58. The van der Waals surface area contributed by atoms with Gasteiger partial charge in [-0.1, -0.05) is 30.3 Å². The summed E-state index contributed by atoms with van der Waals surface area (Å²) < 4.78 is 11.2. The molecule has 0 radical (unpaired) electrons. The van der Waals surface area contributed by atoms with E-state index < -0.39 is 11.8 Å². The Hall–Kier alpha value is -3.74. The van der Waals surface area contributed by atoms with Crippen LogP contribution in [0.4, 0.5) is 5.69 Å². The summed E-state index contributed by atoms with van der Waals surface area (Å²) in [5, 5.41) is 16.4. The molecule has 3 rings (SSSR count). The lowest BCUT2D eigenvalue weighted by molar-refractivity contribution is -0.136. The van der Waals surface area contributed by atoms with Crippen LogP contribution in [0.1, 0.15) is 19.4 Å². The van der Waals surface area contributed by atoms with Crippen molar-refractivity contribution in [2.75, 3.05) is 25.1 Å². The lowest BCUT2D eigenvalue weighted by Gasteiger charge is -2.13. The quantitative estimate of drug-likeness (QED) is 0.482. The Bertz CT molecular complexity index is 1080. The van der Waals surface area contributed by atoms with Gasteiger partial charge < -0.3 is 25.2 Å². The van der Waals surface area contributed by atoms with Crippen LogP contribution in [0.15, 0.2) is 54.6 Å². The van der Waals surface area contributed by atoms with Crippen molar-refractivity contribution in [3.63, 3.8) is 0 Å². The van der Waals surface area contributed by atoms with Crippen LogP contribution in [-0.4, -0.2) is 36.7 Å². The average Bonchev–Trinajstić information content (AvgIpc) is 2.76. The molecular weight excluding hydrogens is 396 g/mol. The molecule has 0 fully saturated rings. The van der Waals surface area contributed by atoms with Gasteiger partial charge in [-0.2, -0.15) is 0 Å². The van der Waals surface area contributed by atoms with Crippen LogP contribution in [-0.2, 0) is 16.0 Å². The maximum Gasteiger partial charge on any atom is 0.313 e. The predicted molar refractivity (Wildman–Crippen MR) is 120 cm³/mol. The van der Waals surface area contributed by atoms with Crippen molar-refractivity contribution < 1.29 is 24.2 Å². The predicted octanol–water partition coefficient (Wildman–Crippen LogP) is 3.64. The molecule has 3 aromatic carbocycles.